The summed E-state index contributed by atoms with van der Waals surface area (Å²) in [4.78, 5) is 10.9. The maximum Gasteiger partial charge on any atom is 0.335 e. The van der Waals surface area contributed by atoms with Gasteiger partial charge in [-0.05, 0) is 37.1 Å². The van der Waals surface area contributed by atoms with Crippen LogP contribution < -0.4 is 5.32 Å². The van der Waals surface area contributed by atoms with Crippen LogP contribution in [-0.2, 0) is 6.54 Å². The Bertz CT molecular complexity index is 552. The molecule has 2 aromatic rings. The van der Waals surface area contributed by atoms with Crippen molar-refractivity contribution in [2.75, 3.05) is 11.9 Å². The van der Waals surface area contributed by atoms with Crippen LogP contribution in [0.4, 0.5) is 5.69 Å². The smallest absolute Gasteiger partial charge is 0.335 e. The first kappa shape index (κ1) is 13.1. The van der Waals surface area contributed by atoms with Gasteiger partial charge >= 0.3 is 5.97 Å². The Labute approximate surface area is 111 Å². The number of aromatic nitrogens is 3. The molecule has 0 saturated carbocycles. The Morgan fingerprint density at radius 3 is 2.95 bits per heavy atom. The Morgan fingerprint density at radius 1 is 1.47 bits per heavy atom. The fourth-order valence-electron chi connectivity index (χ4n) is 1.84. The third-order valence-electron chi connectivity index (χ3n) is 2.82. The zero-order valence-electron chi connectivity index (χ0n) is 10.7. The lowest BCUT2D eigenvalue weighted by Gasteiger charge is -2.08. The number of aromatic carboxylic acids is 1. The SMILES string of the molecule is Cc1cc(NCCCn2ccnn2)ccc1C(=O)O. The molecule has 0 fully saturated rings. The molecule has 0 radical (unpaired) electrons. The van der Waals surface area contributed by atoms with Crippen molar-refractivity contribution in [2.24, 2.45) is 0 Å². The number of carboxylic acid groups (broad SMARTS) is 1. The van der Waals surface area contributed by atoms with E-state index in [1.807, 2.05) is 12.3 Å². The van der Waals surface area contributed by atoms with Crippen molar-refractivity contribution in [3.05, 3.63) is 41.7 Å². The minimum Gasteiger partial charge on any atom is -0.478 e. The van der Waals surface area contributed by atoms with Gasteiger partial charge in [0.1, 0.15) is 0 Å². The molecule has 0 amide bonds. The van der Waals surface area contributed by atoms with Gasteiger partial charge in [0.2, 0.25) is 0 Å². The predicted octanol–water partition coefficient (Wildman–Crippen LogP) is 1.79. The van der Waals surface area contributed by atoms with E-state index in [-0.39, 0.29) is 0 Å². The quantitative estimate of drug-likeness (QED) is 0.774. The third-order valence-corrected chi connectivity index (χ3v) is 2.82. The predicted molar refractivity (Wildman–Crippen MR) is 71.3 cm³/mol. The molecule has 0 aliphatic carbocycles. The van der Waals surface area contributed by atoms with Gasteiger partial charge in [-0.1, -0.05) is 5.21 Å². The van der Waals surface area contributed by atoms with Crippen LogP contribution in [0.25, 0.3) is 0 Å². The standard InChI is InChI=1S/C13H16N4O2/c1-10-9-11(3-4-12(10)13(18)19)14-5-2-7-17-8-6-15-16-17/h3-4,6,8-9,14H,2,5,7H2,1H3,(H,18,19). The molecular weight excluding hydrogens is 244 g/mol. The van der Waals surface area contributed by atoms with Gasteiger partial charge in [-0.2, -0.15) is 0 Å². The summed E-state index contributed by atoms with van der Waals surface area (Å²) in [5.41, 5.74) is 2.03. The topological polar surface area (TPSA) is 80.0 Å². The number of nitrogens with zero attached hydrogens (tertiary/aromatic N) is 3. The Balaban J connectivity index is 1.83. The number of carbonyl (C=O) groups is 1. The molecule has 0 aliphatic heterocycles. The Morgan fingerprint density at radius 2 is 2.32 bits per heavy atom. The van der Waals surface area contributed by atoms with Gasteiger partial charge in [-0.25, -0.2) is 4.79 Å². The van der Waals surface area contributed by atoms with Crippen LogP contribution in [0.5, 0.6) is 0 Å². The number of hydrogen-bond acceptors (Lipinski definition) is 4. The normalized spacial score (nSPS) is 10.4. The zero-order valence-corrected chi connectivity index (χ0v) is 10.7. The van der Waals surface area contributed by atoms with Crippen LogP contribution in [0.3, 0.4) is 0 Å². The average Bonchev–Trinajstić information content (AvgIpc) is 2.87. The van der Waals surface area contributed by atoms with Crippen molar-refractivity contribution >= 4 is 11.7 Å². The van der Waals surface area contributed by atoms with Gasteiger partial charge in [-0.15, -0.1) is 5.10 Å². The lowest BCUT2D eigenvalue weighted by molar-refractivity contribution is 0.0696. The van der Waals surface area contributed by atoms with Crippen LogP contribution in [0.1, 0.15) is 22.3 Å². The second-order valence-corrected chi connectivity index (χ2v) is 4.28. The Kier molecular flexibility index (Phi) is 4.12. The molecule has 0 spiro atoms. The van der Waals surface area contributed by atoms with Crippen molar-refractivity contribution in [3.8, 4) is 0 Å². The zero-order chi connectivity index (χ0) is 13.7. The second kappa shape index (κ2) is 5.99. The number of carboxylic acids is 1. The number of benzene rings is 1. The van der Waals surface area contributed by atoms with E-state index in [1.54, 1.807) is 29.9 Å². The van der Waals surface area contributed by atoms with E-state index in [2.05, 4.69) is 15.6 Å². The Hall–Kier alpha value is -2.37. The molecule has 0 unspecified atom stereocenters. The molecule has 0 atom stereocenters. The highest BCUT2D eigenvalue weighted by molar-refractivity contribution is 5.89. The largest absolute Gasteiger partial charge is 0.478 e. The molecule has 2 rings (SSSR count). The summed E-state index contributed by atoms with van der Waals surface area (Å²) in [7, 11) is 0. The van der Waals surface area contributed by atoms with Crippen LogP contribution in [0, 0.1) is 6.92 Å². The molecule has 1 heterocycles. The van der Waals surface area contributed by atoms with E-state index >= 15 is 0 Å². The molecular formula is C13H16N4O2. The van der Waals surface area contributed by atoms with Gasteiger partial charge in [0.15, 0.2) is 0 Å². The molecule has 2 N–H and O–H groups in total. The first-order valence-corrected chi connectivity index (χ1v) is 6.09. The van der Waals surface area contributed by atoms with Crippen LogP contribution in [0.15, 0.2) is 30.6 Å². The fraction of sp³-hybridized carbons (Fsp3) is 0.308. The van der Waals surface area contributed by atoms with E-state index in [0.717, 1.165) is 30.8 Å². The van der Waals surface area contributed by atoms with Crippen molar-refractivity contribution < 1.29 is 9.90 Å². The lowest BCUT2D eigenvalue weighted by atomic mass is 10.1. The van der Waals surface area contributed by atoms with E-state index < -0.39 is 5.97 Å². The summed E-state index contributed by atoms with van der Waals surface area (Å²) in [6.45, 7) is 3.40. The van der Waals surface area contributed by atoms with Gasteiger partial charge in [-0.3, -0.25) is 4.68 Å². The summed E-state index contributed by atoms with van der Waals surface area (Å²) in [6, 6.07) is 5.25. The molecule has 0 aliphatic rings. The minimum atomic E-state index is -0.893. The van der Waals surface area contributed by atoms with E-state index in [0.29, 0.717) is 5.56 Å². The molecule has 1 aromatic carbocycles. The molecule has 1 aromatic heterocycles. The van der Waals surface area contributed by atoms with E-state index in [9.17, 15) is 4.79 Å². The van der Waals surface area contributed by atoms with Gasteiger partial charge in [0.05, 0.1) is 11.8 Å². The number of anilines is 1. The van der Waals surface area contributed by atoms with Crippen molar-refractivity contribution in [1.29, 1.82) is 0 Å². The first-order chi connectivity index (χ1) is 9.16. The van der Waals surface area contributed by atoms with Crippen LogP contribution in [0.2, 0.25) is 0 Å². The van der Waals surface area contributed by atoms with Crippen LogP contribution in [-0.4, -0.2) is 32.6 Å². The number of aryl methyl sites for hydroxylation is 2. The summed E-state index contributed by atoms with van der Waals surface area (Å²) in [6.07, 6.45) is 4.40. The van der Waals surface area contributed by atoms with Crippen molar-refractivity contribution in [2.45, 2.75) is 19.9 Å². The molecule has 0 bridgehead atoms. The summed E-state index contributed by atoms with van der Waals surface area (Å²) in [5, 5.41) is 19.8. The highest BCUT2D eigenvalue weighted by Crippen LogP contribution is 2.15. The van der Waals surface area contributed by atoms with Gasteiger partial charge in [0.25, 0.3) is 0 Å². The average molecular weight is 260 g/mol. The summed E-state index contributed by atoms with van der Waals surface area (Å²) < 4.78 is 1.78. The second-order valence-electron chi connectivity index (χ2n) is 4.28. The van der Waals surface area contributed by atoms with Crippen molar-refractivity contribution in [3.63, 3.8) is 0 Å². The molecule has 6 nitrogen and oxygen atoms in total. The maximum atomic E-state index is 10.9. The molecule has 19 heavy (non-hydrogen) atoms. The highest BCUT2D eigenvalue weighted by atomic mass is 16.4. The highest BCUT2D eigenvalue weighted by Gasteiger charge is 2.06. The van der Waals surface area contributed by atoms with Gasteiger partial charge < -0.3 is 10.4 Å². The maximum absolute atomic E-state index is 10.9. The monoisotopic (exact) mass is 260 g/mol. The van der Waals surface area contributed by atoms with E-state index in [1.165, 1.54) is 0 Å². The fourth-order valence-corrected chi connectivity index (χ4v) is 1.84. The lowest BCUT2D eigenvalue weighted by Crippen LogP contribution is -2.08. The molecule has 0 saturated heterocycles. The third kappa shape index (κ3) is 3.54. The molecule has 100 valence electrons. The summed E-state index contributed by atoms with van der Waals surface area (Å²) >= 11 is 0. The summed E-state index contributed by atoms with van der Waals surface area (Å²) in [5.74, 6) is -0.893. The van der Waals surface area contributed by atoms with E-state index in [4.69, 9.17) is 5.11 Å². The van der Waals surface area contributed by atoms with Crippen LogP contribution >= 0.6 is 0 Å². The first-order valence-electron chi connectivity index (χ1n) is 6.09. The number of rotatable bonds is 6. The minimum absolute atomic E-state index is 0.341. The molecule has 6 heteroatoms. The number of hydrogen-bond donors (Lipinski definition) is 2. The van der Waals surface area contributed by atoms with Gasteiger partial charge in [0, 0.05) is 25.0 Å². The number of nitrogens with one attached hydrogen (secondary N) is 1. The van der Waals surface area contributed by atoms with Crippen molar-refractivity contribution in [1.82, 2.24) is 15.0 Å².